The third kappa shape index (κ3) is 4.00. The highest BCUT2D eigenvalue weighted by Crippen LogP contribution is 2.30. The van der Waals surface area contributed by atoms with Gasteiger partial charge in [-0.05, 0) is 59.5 Å². The molecule has 0 bridgehead atoms. The summed E-state index contributed by atoms with van der Waals surface area (Å²) >= 11 is 0. The Morgan fingerprint density at radius 1 is 1.10 bits per heavy atom. The van der Waals surface area contributed by atoms with E-state index in [1.165, 1.54) is 16.6 Å². The summed E-state index contributed by atoms with van der Waals surface area (Å²) in [5.74, 6) is 1.31. The number of fused-ring (bicyclic) bond motifs is 1. The van der Waals surface area contributed by atoms with Crippen LogP contribution in [0, 0.1) is 18.3 Å². The summed E-state index contributed by atoms with van der Waals surface area (Å²) in [5.41, 5.74) is 4.01. The van der Waals surface area contributed by atoms with Crippen LogP contribution in [-0.2, 0) is 13.0 Å². The van der Waals surface area contributed by atoms with E-state index in [0.29, 0.717) is 17.9 Å². The van der Waals surface area contributed by atoms with Gasteiger partial charge >= 0.3 is 0 Å². The molecule has 0 aliphatic rings. The van der Waals surface area contributed by atoms with Crippen molar-refractivity contribution in [3.63, 3.8) is 0 Å². The van der Waals surface area contributed by atoms with E-state index in [4.69, 9.17) is 4.74 Å². The zero-order chi connectivity index (χ0) is 20.2. The summed E-state index contributed by atoms with van der Waals surface area (Å²) in [7, 11) is 0. The van der Waals surface area contributed by atoms with Gasteiger partial charge in [-0.25, -0.2) is 4.98 Å². The minimum absolute atomic E-state index is 0.526. The molecule has 1 aromatic heterocycles. The Balaban J connectivity index is 1.65. The van der Waals surface area contributed by atoms with E-state index >= 15 is 0 Å². The lowest BCUT2D eigenvalue weighted by Crippen LogP contribution is -2.03. The fourth-order valence-electron chi connectivity index (χ4n) is 3.59. The van der Waals surface area contributed by atoms with Gasteiger partial charge in [0, 0.05) is 18.4 Å². The van der Waals surface area contributed by atoms with Crippen molar-refractivity contribution in [2.45, 2.75) is 33.2 Å². The number of nitrogens with zero attached hydrogens (tertiary/aromatic N) is 3. The molecule has 29 heavy (non-hydrogen) atoms. The van der Waals surface area contributed by atoms with E-state index < -0.39 is 0 Å². The Labute approximate surface area is 171 Å². The Kier molecular flexibility index (Phi) is 5.31. The number of hydrogen-bond donors (Lipinski definition) is 0. The molecule has 0 aliphatic carbocycles. The molecule has 4 rings (SSSR count). The number of nitriles is 1. The van der Waals surface area contributed by atoms with E-state index in [1.54, 1.807) is 0 Å². The number of imidazole rings is 1. The topological polar surface area (TPSA) is 50.8 Å². The average molecular weight is 381 g/mol. The minimum atomic E-state index is 0.526. The molecule has 0 saturated heterocycles. The molecule has 0 N–H and O–H groups in total. The van der Waals surface area contributed by atoms with Crippen LogP contribution in [0.3, 0.4) is 0 Å². The Morgan fingerprint density at radius 3 is 2.83 bits per heavy atom. The first-order chi connectivity index (χ1) is 14.2. The zero-order valence-electron chi connectivity index (χ0n) is 16.7. The van der Waals surface area contributed by atoms with Gasteiger partial charge in [-0.3, -0.25) is 0 Å². The van der Waals surface area contributed by atoms with Gasteiger partial charge in [0.15, 0.2) is 0 Å². The predicted octanol–water partition coefficient (Wildman–Crippen LogP) is 6.01. The Bertz CT molecular complexity index is 1200. The standard InChI is InChI=1S/C25H23N3O/c1-3-5-22-15-27-17-28(22)16-19-8-9-21(14-26)25(12-19)29-23-11-10-20-7-4-6-18(2)24(20)13-23/h4,6-13,15,17H,3,5,16H2,1-2H3. The molecular weight excluding hydrogens is 358 g/mol. The quantitative estimate of drug-likeness (QED) is 0.411. The summed E-state index contributed by atoms with van der Waals surface area (Å²) in [6, 6.07) is 20.3. The van der Waals surface area contributed by atoms with E-state index in [1.807, 2.05) is 42.9 Å². The van der Waals surface area contributed by atoms with Crippen LogP contribution in [-0.4, -0.2) is 9.55 Å². The van der Waals surface area contributed by atoms with Gasteiger partial charge in [0.2, 0.25) is 0 Å². The van der Waals surface area contributed by atoms with E-state index in [-0.39, 0.29) is 0 Å². The lowest BCUT2D eigenvalue weighted by atomic mass is 10.1. The van der Waals surface area contributed by atoms with Gasteiger partial charge in [-0.15, -0.1) is 0 Å². The van der Waals surface area contributed by atoms with Crippen LogP contribution in [0.5, 0.6) is 11.5 Å². The molecule has 3 aromatic carbocycles. The van der Waals surface area contributed by atoms with Crippen molar-refractivity contribution < 1.29 is 4.74 Å². The molecule has 0 fully saturated rings. The first-order valence-corrected chi connectivity index (χ1v) is 9.87. The second-order valence-corrected chi connectivity index (χ2v) is 7.27. The highest BCUT2D eigenvalue weighted by molar-refractivity contribution is 5.86. The maximum absolute atomic E-state index is 9.53. The average Bonchev–Trinajstić information content (AvgIpc) is 3.16. The molecule has 0 aliphatic heterocycles. The third-order valence-electron chi connectivity index (χ3n) is 5.12. The van der Waals surface area contributed by atoms with Crippen LogP contribution in [0.1, 0.15) is 35.7 Å². The lowest BCUT2D eigenvalue weighted by molar-refractivity contribution is 0.481. The van der Waals surface area contributed by atoms with Gasteiger partial charge in [-0.1, -0.05) is 43.7 Å². The van der Waals surface area contributed by atoms with Crippen LogP contribution < -0.4 is 4.74 Å². The van der Waals surface area contributed by atoms with Gasteiger partial charge in [-0.2, -0.15) is 5.26 Å². The maximum Gasteiger partial charge on any atom is 0.145 e. The summed E-state index contributed by atoms with van der Waals surface area (Å²) in [5, 5.41) is 11.9. The smallest absolute Gasteiger partial charge is 0.145 e. The van der Waals surface area contributed by atoms with Crippen LogP contribution in [0.25, 0.3) is 10.8 Å². The maximum atomic E-state index is 9.53. The molecule has 4 aromatic rings. The van der Waals surface area contributed by atoms with Crippen molar-refractivity contribution in [1.29, 1.82) is 5.26 Å². The number of ether oxygens (including phenoxy) is 1. The van der Waals surface area contributed by atoms with Crippen molar-refractivity contribution in [1.82, 2.24) is 9.55 Å². The molecule has 0 spiro atoms. The number of benzene rings is 3. The number of aromatic nitrogens is 2. The van der Waals surface area contributed by atoms with Crippen molar-refractivity contribution >= 4 is 10.8 Å². The molecular formula is C25H23N3O. The van der Waals surface area contributed by atoms with Crippen molar-refractivity contribution in [2.24, 2.45) is 0 Å². The molecule has 0 atom stereocenters. The molecule has 4 heteroatoms. The lowest BCUT2D eigenvalue weighted by Gasteiger charge is -2.12. The zero-order valence-corrected chi connectivity index (χ0v) is 16.7. The minimum Gasteiger partial charge on any atom is -0.456 e. The van der Waals surface area contributed by atoms with Crippen LogP contribution >= 0.6 is 0 Å². The van der Waals surface area contributed by atoms with Gasteiger partial charge in [0.05, 0.1) is 11.9 Å². The number of hydrogen-bond acceptors (Lipinski definition) is 3. The Hall–Kier alpha value is -3.58. The third-order valence-corrected chi connectivity index (χ3v) is 5.12. The highest BCUT2D eigenvalue weighted by Gasteiger charge is 2.09. The highest BCUT2D eigenvalue weighted by atomic mass is 16.5. The van der Waals surface area contributed by atoms with Crippen molar-refractivity contribution in [2.75, 3.05) is 0 Å². The fraction of sp³-hybridized carbons (Fsp3) is 0.200. The second-order valence-electron chi connectivity index (χ2n) is 7.27. The molecule has 144 valence electrons. The Morgan fingerprint density at radius 2 is 2.00 bits per heavy atom. The predicted molar refractivity (Wildman–Crippen MR) is 115 cm³/mol. The van der Waals surface area contributed by atoms with Crippen LogP contribution in [0.15, 0.2) is 67.1 Å². The first kappa shape index (κ1) is 18.8. The summed E-state index contributed by atoms with van der Waals surface area (Å²) in [6.45, 7) is 4.96. The van der Waals surface area contributed by atoms with Crippen LogP contribution in [0.2, 0.25) is 0 Å². The largest absolute Gasteiger partial charge is 0.456 e. The van der Waals surface area contributed by atoms with E-state index in [9.17, 15) is 5.26 Å². The molecule has 0 amide bonds. The summed E-state index contributed by atoms with van der Waals surface area (Å²) < 4.78 is 8.30. The normalized spacial score (nSPS) is 10.8. The van der Waals surface area contributed by atoms with Crippen LogP contribution in [0.4, 0.5) is 0 Å². The second kappa shape index (κ2) is 8.20. The fourth-order valence-corrected chi connectivity index (χ4v) is 3.59. The first-order valence-electron chi connectivity index (χ1n) is 9.87. The van der Waals surface area contributed by atoms with E-state index in [2.05, 4.69) is 53.7 Å². The number of aryl methyl sites for hydroxylation is 2. The molecule has 4 nitrogen and oxygen atoms in total. The van der Waals surface area contributed by atoms with E-state index in [0.717, 1.165) is 29.5 Å². The SMILES string of the molecule is CCCc1cncn1Cc1ccc(C#N)c(Oc2ccc3cccc(C)c3c2)c1. The monoisotopic (exact) mass is 381 g/mol. The molecule has 1 heterocycles. The van der Waals surface area contributed by atoms with Gasteiger partial charge in [0.1, 0.15) is 17.6 Å². The molecule has 0 unspecified atom stereocenters. The van der Waals surface area contributed by atoms with Crippen molar-refractivity contribution in [3.05, 3.63) is 89.5 Å². The van der Waals surface area contributed by atoms with Gasteiger partial charge in [0.25, 0.3) is 0 Å². The summed E-state index contributed by atoms with van der Waals surface area (Å²) in [6.07, 6.45) is 5.85. The number of rotatable bonds is 6. The van der Waals surface area contributed by atoms with Crippen molar-refractivity contribution in [3.8, 4) is 17.6 Å². The summed E-state index contributed by atoms with van der Waals surface area (Å²) in [4.78, 5) is 4.28. The molecule has 0 radical (unpaired) electrons. The molecule has 0 saturated carbocycles. The van der Waals surface area contributed by atoms with Gasteiger partial charge < -0.3 is 9.30 Å².